The molecule has 1 fully saturated rings. The molecular weight excluding hydrogens is 232 g/mol. The van der Waals surface area contributed by atoms with Crippen LogP contribution in [0.1, 0.15) is 18.4 Å². The van der Waals surface area contributed by atoms with Crippen LogP contribution in [0.15, 0.2) is 24.3 Å². The summed E-state index contributed by atoms with van der Waals surface area (Å²) in [6.07, 6.45) is 2.53. The van der Waals surface area contributed by atoms with Gasteiger partial charge in [-0.2, -0.15) is 0 Å². The Hall–Kier alpha value is -1.16. The first-order valence-electron chi connectivity index (χ1n) is 5.95. The molecule has 1 heterocycles. The van der Waals surface area contributed by atoms with Crippen molar-refractivity contribution in [2.75, 3.05) is 23.9 Å². The number of anilines is 1. The third kappa shape index (κ3) is 3.66. The van der Waals surface area contributed by atoms with E-state index in [0.717, 1.165) is 36.7 Å². The highest BCUT2D eigenvalue weighted by Crippen LogP contribution is 2.15. The molecule has 17 heavy (non-hydrogen) atoms. The standard InChI is InChI=1S/C13H18N2OS/c14-12-6-4-11(5-7-12)2-1-3-13(16)15-8-9-17-10-15/h4-7H,1-3,8-10,14H2. The van der Waals surface area contributed by atoms with E-state index in [4.69, 9.17) is 5.73 Å². The molecule has 2 N–H and O–H groups in total. The van der Waals surface area contributed by atoms with Gasteiger partial charge >= 0.3 is 0 Å². The Balaban J connectivity index is 1.72. The highest BCUT2D eigenvalue weighted by Gasteiger charge is 2.17. The smallest absolute Gasteiger partial charge is 0.223 e. The van der Waals surface area contributed by atoms with Gasteiger partial charge in [0.25, 0.3) is 0 Å². The summed E-state index contributed by atoms with van der Waals surface area (Å²) in [5, 5.41) is 0. The molecule has 0 atom stereocenters. The van der Waals surface area contributed by atoms with Gasteiger partial charge in [-0.3, -0.25) is 4.79 Å². The summed E-state index contributed by atoms with van der Waals surface area (Å²) in [5.41, 5.74) is 7.67. The molecule has 3 nitrogen and oxygen atoms in total. The lowest BCUT2D eigenvalue weighted by atomic mass is 10.1. The van der Waals surface area contributed by atoms with Crippen molar-refractivity contribution in [2.45, 2.75) is 19.3 Å². The number of hydrogen-bond acceptors (Lipinski definition) is 3. The van der Waals surface area contributed by atoms with Crippen LogP contribution in [0.5, 0.6) is 0 Å². The molecule has 1 saturated heterocycles. The Morgan fingerprint density at radius 1 is 1.35 bits per heavy atom. The summed E-state index contributed by atoms with van der Waals surface area (Å²) in [4.78, 5) is 13.7. The summed E-state index contributed by atoms with van der Waals surface area (Å²) in [6.45, 7) is 0.922. The van der Waals surface area contributed by atoms with E-state index in [0.29, 0.717) is 12.3 Å². The molecular formula is C13H18N2OS. The van der Waals surface area contributed by atoms with Crippen molar-refractivity contribution >= 4 is 23.4 Å². The van der Waals surface area contributed by atoms with Crippen LogP contribution in [-0.4, -0.2) is 29.0 Å². The topological polar surface area (TPSA) is 46.3 Å². The molecule has 0 aromatic heterocycles. The Morgan fingerprint density at radius 3 is 2.76 bits per heavy atom. The third-order valence-electron chi connectivity index (χ3n) is 2.94. The van der Waals surface area contributed by atoms with Crippen LogP contribution in [0.3, 0.4) is 0 Å². The number of benzene rings is 1. The average Bonchev–Trinajstić information content (AvgIpc) is 2.85. The first kappa shape index (κ1) is 12.3. The molecule has 1 amide bonds. The summed E-state index contributed by atoms with van der Waals surface area (Å²) >= 11 is 1.83. The maximum Gasteiger partial charge on any atom is 0.223 e. The molecule has 0 aliphatic carbocycles. The second kappa shape index (κ2) is 5.96. The predicted octanol–water partition coefficient (Wildman–Crippen LogP) is 2.12. The monoisotopic (exact) mass is 250 g/mol. The van der Waals surface area contributed by atoms with Crippen LogP contribution in [0.4, 0.5) is 5.69 Å². The van der Waals surface area contributed by atoms with Gasteiger partial charge in [-0.15, -0.1) is 11.8 Å². The van der Waals surface area contributed by atoms with Crippen molar-refractivity contribution in [2.24, 2.45) is 0 Å². The molecule has 0 unspecified atom stereocenters. The molecule has 1 aromatic carbocycles. The number of nitrogens with zero attached hydrogens (tertiary/aromatic N) is 1. The Morgan fingerprint density at radius 2 is 2.12 bits per heavy atom. The number of nitrogens with two attached hydrogens (primary N) is 1. The normalized spacial score (nSPS) is 15.2. The predicted molar refractivity (Wildman–Crippen MR) is 72.8 cm³/mol. The van der Waals surface area contributed by atoms with Crippen LogP contribution >= 0.6 is 11.8 Å². The fourth-order valence-corrected chi connectivity index (χ4v) is 2.87. The minimum atomic E-state index is 0.297. The molecule has 1 aliphatic heterocycles. The van der Waals surface area contributed by atoms with E-state index < -0.39 is 0 Å². The fraction of sp³-hybridized carbons (Fsp3) is 0.462. The zero-order valence-corrected chi connectivity index (χ0v) is 10.7. The lowest BCUT2D eigenvalue weighted by molar-refractivity contribution is -0.129. The number of thioether (sulfide) groups is 1. The summed E-state index contributed by atoms with van der Waals surface area (Å²) in [5.74, 6) is 2.26. The van der Waals surface area contributed by atoms with E-state index in [9.17, 15) is 4.79 Å². The average molecular weight is 250 g/mol. The molecule has 0 saturated carbocycles. The highest BCUT2D eigenvalue weighted by atomic mass is 32.2. The largest absolute Gasteiger partial charge is 0.399 e. The van der Waals surface area contributed by atoms with Gasteiger partial charge in [0.15, 0.2) is 0 Å². The van der Waals surface area contributed by atoms with Crippen LogP contribution in [-0.2, 0) is 11.2 Å². The maximum absolute atomic E-state index is 11.8. The molecule has 1 aromatic rings. The van der Waals surface area contributed by atoms with Crippen LogP contribution in [0, 0.1) is 0 Å². The van der Waals surface area contributed by atoms with Gasteiger partial charge in [-0.1, -0.05) is 12.1 Å². The van der Waals surface area contributed by atoms with E-state index in [1.165, 1.54) is 5.56 Å². The van der Waals surface area contributed by atoms with Crippen LogP contribution < -0.4 is 5.73 Å². The number of carbonyl (C=O) groups excluding carboxylic acids is 1. The lowest BCUT2D eigenvalue weighted by Gasteiger charge is -2.13. The Kier molecular flexibility index (Phi) is 4.31. The molecule has 92 valence electrons. The lowest BCUT2D eigenvalue weighted by Crippen LogP contribution is -2.27. The van der Waals surface area contributed by atoms with Crippen LogP contribution in [0.2, 0.25) is 0 Å². The Labute approximate surface area is 106 Å². The van der Waals surface area contributed by atoms with E-state index in [-0.39, 0.29) is 0 Å². The molecule has 0 spiro atoms. The molecule has 0 radical (unpaired) electrons. The second-order valence-corrected chi connectivity index (χ2v) is 5.36. The van der Waals surface area contributed by atoms with Gasteiger partial charge in [0.2, 0.25) is 5.91 Å². The Bertz CT molecular complexity index is 372. The fourth-order valence-electron chi connectivity index (χ4n) is 1.90. The SMILES string of the molecule is Nc1ccc(CCCC(=O)N2CCSC2)cc1. The van der Waals surface area contributed by atoms with Gasteiger partial charge in [-0.25, -0.2) is 0 Å². The van der Waals surface area contributed by atoms with Crippen molar-refractivity contribution in [1.82, 2.24) is 4.90 Å². The molecule has 0 bridgehead atoms. The van der Waals surface area contributed by atoms with Gasteiger partial charge in [0.1, 0.15) is 0 Å². The van der Waals surface area contributed by atoms with E-state index in [1.807, 2.05) is 40.9 Å². The number of hydrogen-bond donors (Lipinski definition) is 1. The number of nitrogen functional groups attached to an aromatic ring is 1. The minimum absolute atomic E-state index is 0.297. The van der Waals surface area contributed by atoms with Gasteiger partial charge in [0, 0.05) is 24.4 Å². The summed E-state index contributed by atoms with van der Waals surface area (Å²) in [6, 6.07) is 7.89. The van der Waals surface area contributed by atoms with Gasteiger partial charge < -0.3 is 10.6 Å². The first-order chi connectivity index (χ1) is 8.25. The maximum atomic E-state index is 11.8. The third-order valence-corrected chi connectivity index (χ3v) is 3.91. The molecule has 1 aliphatic rings. The molecule has 4 heteroatoms. The number of amides is 1. The highest BCUT2D eigenvalue weighted by molar-refractivity contribution is 7.99. The summed E-state index contributed by atoms with van der Waals surface area (Å²) < 4.78 is 0. The quantitative estimate of drug-likeness (QED) is 0.833. The first-order valence-corrected chi connectivity index (χ1v) is 7.11. The number of aryl methyl sites for hydroxylation is 1. The van der Waals surface area contributed by atoms with Crippen molar-refractivity contribution in [3.63, 3.8) is 0 Å². The van der Waals surface area contributed by atoms with Gasteiger partial charge in [0.05, 0.1) is 5.88 Å². The number of rotatable bonds is 4. The van der Waals surface area contributed by atoms with Crippen molar-refractivity contribution < 1.29 is 4.79 Å². The van der Waals surface area contributed by atoms with Crippen molar-refractivity contribution in [3.05, 3.63) is 29.8 Å². The zero-order chi connectivity index (χ0) is 12.1. The zero-order valence-electron chi connectivity index (χ0n) is 9.89. The second-order valence-electron chi connectivity index (χ2n) is 4.29. The molecule has 2 rings (SSSR count). The van der Waals surface area contributed by atoms with E-state index >= 15 is 0 Å². The van der Waals surface area contributed by atoms with Crippen LogP contribution in [0.25, 0.3) is 0 Å². The van der Waals surface area contributed by atoms with Gasteiger partial charge in [-0.05, 0) is 30.5 Å². The summed E-state index contributed by atoms with van der Waals surface area (Å²) in [7, 11) is 0. The number of carbonyl (C=O) groups is 1. The van der Waals surface area contributed by atoms with E-state index in [2.05, 4.69) is 0 Å². The van der Waals surface area contributed by atoms with Crippen molar-refractivity contribution in [1.29, 1.82) is 0 Å². The van der Waals surface area contributed by atoms with Crippen molar-refractivity contribution in [3.8, 4) is 0 Å². The minimum Gasteiger partial charge on any atom is -0.399 e. The van der Waals surface area contributed by atoms with E-state index in [1.54, 1.807) is 0 Å².